The molecule has 1 saturated heterocycles. The molecule has 60 heavy (non-hydrogen) atoms. The van der Waals surface area contributed by atoms with Gasteiger partial charge in [0.1, 0.15) is 25.4 Å². The summed E-state index contributed by atoms with van der Waals surface area (Å²) in [7, 11) is 0. The molecule has 14 heteroatoms. The lowest BCUT2D eigenvalue weighted by Gasteiger charge is -2.46. The highest BCUT2D eigenvalue weighted by atomic mass is 35.6. The zero-order chi connectivity index (χ0) is 42.1. The molecule has 5 aromatic carbocycles. The maximum Gasteiger partial charge on any atom is 0.508 e. The summed E-state index contributed by atoms with van der Waals surface area (Å²) in [6, 6.07) is 44.6. The average molecular weight is 891 g/mol. The van der Waals surface area contributed by atoms with E-state index in [1.807, 2.05) is 140 Å². The van der Waals surface area contributed by atoms with Gasteiger partial charge in [-0.3, -0.25) is 10.2 Å². The SMILES string of the molecule is CC(=O)O[C@H]1[C@H](OCc2ccccc2)[C@@H](COC(=O)OCC2c3ccccc3-c3ccccc32)OC(OC(=N)C(Cl)(Cl)Cl)[C@@H]1O[C@H](CSc1ccccc1)c1ccccc1. The van der Waals surface area contributed by atoms with Gasteiger partial charge >= 0.3 is 12.1 Å². The Bertz CT molecular complexity index is 2170. The first-order valence-electron chi connectivity index (χ1n) is 19.2. The molecule has 1 fully saturated rings. The molecule has 5 aromatic rings. The average Bonchev–Trinajstić information content (AvgIpc) is 3.58. The number of halogens is 3. The van der Waals surface area contributed by atoms with Crippen molar-refractivity contribution in [3.63, 3.8) is 0 Å². The van der Waals surface area contributed by atoms with Crippen molar-refractivity contribution in [2.75, 3.05) is 19.0 Å². The molecule has 0 amide bonds. The van der Waals surface area contributed by atoms with Crippen molar-refractivity contribution in [1.29, 1.82) is 5.41 Å². The molecule has 7 rings (SSSR count). The van der Waals surface area contributed by atoms with Crippen molar-refractivity contribution in [3.8, 4) is 11.1 Å². The van der Waals surface area contributed by atoms with E-state index in [-0.39, 0.29) is 19.1 Å². The normalized spacial score (nSPS) is 20.3. The Hall–Kier alpha value is -4.59. The lowest BCUT2D eigenvalue weighted by atomic mass is 9.97. The minimum atomic E-state index is -2.29. The second-order valence-electron chi connectivity index (χ2n) is 14.0. The van der Waals surface area contributed by atoms with Crippen LogP contribution in [0.2, 0.25) is 0 Å². The second-order valence-corrected chi connectivity index (χ2v) is 17.4. The van der Waals surface area contributed by atoms with Crippen molar-refractivity contribution >= 4 is 64.6 Å². The number of rotatable bonds is 15. The van der Waals surface area contributed by atoms with Crippen molar-refractivity contribution in [1.82, 2.24) is 0 Å². The first-order chi connectivity index (χ1) is 29.0. The van der Waals surface area contributed by atoms with Crippen LogP contribution in [0, 0.1) is 5.41 Å². The molecule has 1 aliphatic carbocycles. The Morgan fingerprint density at radius 2 is 1.28 bits per heavy atom. The maximum absolute atomic E-state index is 13.4. The summed E-state index contributed by atoms with van der Waals surface area (Å²) >= 11 is 19.9. The fraction of sp³-hybridized carbons (Fsp3) is 0.283. The highest BCUT2D eigenvalue weighted by molar-refractivity contribution is 7.99. The minimum Gasteiger partial charge on any atom is -0.457 e. The predicted molar refractivity (Wildman–Crippen MR) is 231 cm³/mol. The van der Waals surface area contributed by atoms with Gasteiger partial charge in [0.05, 0.1) is 12.7 Å². The van der Waals surface area contributed by atoms with Crippen molar-refractivity contribution in [2.24, 2.45) is 0 Å². The Morgan fingerprint density at radius 3 is 1.90 bits per heavy atom. The lowest BCUT2D eigenvalue weighted by molar-refractivity contribution is -0.309. The highest BCUT2D eigenvalue weighted by Crippen LogP contribution is 2.45. The molecule has 1 heterocycles. The van der Waals surface area contributed by atoms with Crippen molar-refractivity contribution < 1.29 is 42.7 Å². The number of carbonyl (C=O) groups excluding carboxylic acids is 2. The predicted octanol–water partition coefficient (Wildman–Crippen LogP) is 10.5. The molecule has 312 valence electrons. The molecule has 1 unspecified atom stereocenters. The van der Waals surface area contributed by atoms with Gasteiger partial charge in [0.25, 0.3) is 3.79 Å². The number of fused-ring (bicyclic) bond motifs is 3. The summed E-state index contributed by atoms with van der Waals surface area (Å²) in [6.07, 6.45) is -7.93. The summed E-state index contributed by atoms with van der Waals surface area (Å²) in [4.78, 5) is 27.3. The monoisotopic (exact) mass is 889 g/mol. The third-order valence-electron chi connectivity index (χ3n) is 10.0. The largest absolute Gasteiger partial charge is 0.508 e. The van der Waals surface area contributed by atoms with Crippen LogP contribution < -0.4 is 0 Å². The van der Waals surface area contributed by atoms with Crippen LogP contribution in [-0.2, 0) is 44.6 Å². The number of thioether (sulfide) groups is 1. The van der Waals surface area contributed by atoms with Gasteiger partial charge in [-0.1, -0.05) is 162 Å². The van der Waals surface area contributed by atoms with Gasteiger partial charge in [0.15, 0.2) is 12.2 Å². The Morgan fingerprint density at radius 1 is 0.717 bits per heavy atom. The lowest BCUT2D eigenvalue weighted by Crippen LogP contribution is -2.63. The summed E-state index contributed by atoms with van der Waals surface area (Å²) in [5, 5.41) is 8.53. The number of hydrogen-bond donors (Lipinski definition) is 1. The van der Waals surface area contributed by atoms with Gasteiger partial charge in [0.2, 0.25) is 12.2 Å². The van der Waals surface area contributed by atoms with E-state index >= 15 is 0 Å². The third kappa shape index (κ3) is 11.0. The number of esters is 1. The first kappa shape index (κ1) is 43.5. The number of nitrogens with one attached hydrogen (secondary N) is 1. The van der Waals surface area contributed by atoms with Crippen LogP contribution in [0.1, 0.15) is 41.2 Å². The number of carbonyl (C=O) groups is 2. The maximum atomic E-state index is 13.4. The molecule has 0 radical (unpaired) electrons. The van der Waals surface area contributed by atoms with E-state index in [2.05, 4.69) is 0 Å². The molecule has 0 bridgehead atoms. The molecular formula is C46H42Cl3NO9S. The number of hydrogen-bond acceptors (Lipinski definition) is 11. The van der Waals surface area contributed by atoms with Crippen LogP contribution in [-0.4, -0.2) is 71.5 Å². The third-order valence-corrected chi connectivity index (χ3v) is 11.6. The van der Waals surface area contributed by atoms with Gasteiger partial charge < -0.3 is 33.2 Å². The van der Waals surface area contributed by atoms with E-state index in [0.29, 0.717) is 5.75 Å². The fourth-order valence-corrected chi connectivity index (χ4v) is 8.37. The Kier molecular flexibility index (Phi) is 14.7. The molecule has 0 spiro atoms. The zero-order valence-electron chi connectivity index (χ0n) is 32.4. The summed E-state index contributed by atoms with van der Waals surface area (Å²) in [5.41, 5.74) is 5.86. The number of benzene rings is 5. The van der Waals surface area contributed by atoms with Crippen LogP contribution in [0.4, 0.5) is 4.79 Å². The molecule has 1 N–H and O–H groups in total. The smallest absolute Gasteiger partial charge is 0.457 e. The second kappa shape index (κ2) is 20.3. The number of alkyl halides is 3. The summed E-state index contributed by atoms with van der Waals surface area (Å²) in [5.74, 6) is -1.23. The van der Waals surface area contributed by atoms with E-state index in [1.165, 1.54) is 6.92 Å². The van der Waals surface area contributed by atoms with Crippen molar-refractivity contribution in [3.05, 3.63) is 162 Å². The molecule has 10 nitrogen and oxygen atoms in total. The van der Waals surface area contributed by atoms with Crippen LogP contribution >= 0.6 is 46.6 Å². The van der Waals surface area contributed by atoms with E-state index in [9.17, 15) is 9.59 Å². The van der Waals surface area contributed by atoms with Crippen LogP contribution in [0.15, 0.2) is 144 Å². The van der Waals surface area contributed by atoms with Gasteiger partial charge in [-0.25, -0.2) is 4.79 Å². The van der Waals surface area contributed by atoms with Crippen LogP contribution in [0.3, 0.4) is 0 Å². The molecular weight excluding hydrogens is 849 g/mol. The Balaban J connectivity index is 1.17. The minimum absolute atomic E-state index is 0.0202. The molecule has 0 saturated carbocycles. The van der Waals surface area contributed by atoms with E-state index in [1.54, 1.807) is 11.8 Å². The molecule has 0 aromatic heterocycles. The summed E-state index contributed by atoms with van der Waals surface area (Å²) < 4.78 is 40.9. The zero-order valence-corrected chi connectivity index (χ0v) is 35.4. The topological polar surface area (TPSA) is 123 Å². The van der Waals surface area contributed by atoms with Crippen LogP contribution in [0.25, 0.3) is 11.1 Å². The highest BCUT2D eigenvalue weighted by Gasteiger charge is 2.53. The van der Waals surface area contributed by atoms with E-state index < -0.39 is 65.2 Å². The fourth-order valence-electron chi connectivity index (χ4n) is 7.27. The standard InChI is InChI=1S/C46H42Cl3NO9S/c1-29(51)56-41-40(53-25-30-15-5-2-6-16-30)38(27-55-45(52)54-26-37-35-23-13-11-21-33(35)34-22-12-14-24-36(34)37)58-43(59-44(50)46(47,48)49)42(41)57-39(31-17-7-3-8-18-31)28-60-32-19-9-4-10-20-32/h2-24,37-43,50H,25-28H2,1H3/t38-,39-,40-,41+,42-,43?/m1/s1. The first-order valence-corrected chi connectivity index (χ1v) is 21.3. The van der Waals surface area contributed by atoms with Gasteiger partial charge in [0, 0.05) is 23.5 Å². The molecule has 1 aliphatic heterocycles. The molecule has 2 aliphatic rings. The van der Waals surface area contributed by atoms with E-state index in [0.717, 1.165) is 38.3 Å². The summed E-state index contributed by atoms with van der Waals surface area (Å²) in [6.45, 7) is 0.893. The van der Waals surface area contributed by atoms with Gasteiger partial charge in [-0.05, 0) is 45.5 Å². The number of ether oxygens (including phenoxy) is 7. The van der Waals surface area contributed by atoms with Crippen molar-refractivity contribution in [2.45, 2.75) is 64.9 Å². The Labute approximate surface area is 367 Å². The quantitative estimate of drug-likeness (QED) is 0.0357. The van der Waals surface area contributed by atoms with Gasteiger partial charge in [-0.2, -0.15) is 0 Å². The van der Waals surface area contributed by atoms with Crippen LogP contribution in [0.5, 0.6) is 0 Å². The van der Waals surface area contributed by atoms with Gasteiger partial charge in [-0.15, -0.1) is 11.8 Å². The molecule has 6 atom stereocenters. The van der Waals surface area contributed by atoms with E-state index in [4.69, 9.17) is 73.4 Å².